The molecule has 2 unspecified atom stereocenters. The van der Waals surface area contributed by atoms with Crippen LogP contribution in [0.4, 0.5) is 0 Å². The second-order valence-corrected chi connectivity index (χ2v) is 5.24. The smallest absolute Gasteiger partial charge is 0.176 e. The zero-order valence-electron chi connectivity index (χ0n) is 13.0. The van der Waals surface area contributed by atoms with Gasteiger partial charge in [0.1, 0.15) is 12.2 Å². The number of hydrogen-bond donors (Lipinski definition) is 4. The molecular weight excluding hydrogens is 355 g/mol. The zero-order valence-corrected chi connectivity index (χ0v) is 14.6. The SMILES string of the molecule is OCC(O)C[n+]1ccc(-c2cc[n+](CC(O)CO)cc2)cc1.[Cl-].[Cl-]. The maximum Gasteiger partial charge on any atom is 0.176 e. The lowest BCUT2D eigenvalue weighted by Gasteiger charge is -2.05. The van der Waals surface area contributed by atoms with Crippen LogP contribution in [0.2, 0.25) is 0 Å². The van der Waals surface area contributed by atoms with E-state index in [1.54, 1.807) is 0 Å². The summed E-state index contributed by atoms with van der Waals surface area (Å²) in [5.74, 6) is 0. The minimum atomic E-state index is -0.760. The normalized spacial score (nSPS) is 12.7. The molecule has 2 aromatic heterocycles. The van der Waals surface area contributed by atoms with Crippen molar-refractivity contribution in [3.05, 3.63) is 49.1 Å². The van der Waals surface area contributed by atoms with Gasteiger partial charge in [-0.05, 0) is 11.1 Å². The van der Waals surface area contributed by atoms with Crippen LogP contribution >= 0.6 is 0 Å². The summed E-state index contributed by atoms with van der Waals surface area (Å²) in [7, 11) is 0. The van der Waals surface area contributed by atoms with E-state index in [1.165, 1.54) is 0 Å². The Morgan fingerprint density at radius 3 is 1.21 bits per heavy atom. The molecule has 24 heavy (non-hydrogen) atoms. The van der Waals surface area contributed by atoms with Crippen LogP contribution in [0.3, 0.4) is 0 Å². The third kappa shape index (κ3) is 6.68. The molecule has 2 heterocycles. The Kier molecular flexibility index (Phi) is 10.7. The van der Waals surface area contributed by atoms with Crippen molar-refractivity contribution in [2.75, 3.05) is 13.2 Å². The molecule has 0 saturated carbocycles. The number of aromatic nitrogens is 2. The molecule has 0 spiro atoms. The van der Waals surface area contributed by atoms with Crippen LogP contribution in [0, 0.1) is 0 Å². The molecule has 0 amide bonds. The molecule has 134 valence electrons. The lowest BCUT2D eigenvalue weighted by atomic mass is 10.1. The number of nitrogens with zero attached hydrogens (tertiary/aromatic N) is 2. The number of aliphatic hydroxyl groups excluding tert-OH is 4. The molecule has 0 aromatic carbocycles. The number of hydrogen-bond acceptors (Lipinski definition) is 4. The second-order valence-electron chi connectivity index (χ2n) is 5.24. The molecule has 0 radical (unpaired) electrons. The van der Waals surface area contributed by atoms with Crippen molar-refractivity contribution in [3.63, 3.8) is 0 Å². The quantitative estimate of drug-likeness (QED) is 0.361. The maximum atomic E-state index is 9.41. The molecular formula is C16H22Cl2N2O4. The Bertz CT molecular complexity index is 528. The first-order valence-electron chi connectivity index (χ1n) is 7.19. The van der Waals surface area contributed by atoms with E-state index in [-0.39, 0.29) is 38.0 Å². The third-order valence-electron chi connectivity index (χ3n) is 3.38. The van der Waals surface area contributed by atoms with Gasteiger partial charge < -0.3 is 45.2 Å². The van der Waals surface area contributed by atoms with Gasteiger partial charge in [0, 0.05) is 24.3 Å². The van der Waals surface area contributed by atoms with Gasteiger partial charge in [0.25, 0.3) is 0 Å². The molecule has 0 aliphatic rings. The van der Waals surface area contributed by atoms with Crippen LogP contribution in [-0.4, -0.2) is 45.8 Å². The van der Waals surface area contributed by atoms with E-state index in [1.807, 2.05) is 58.2 Å². The fourth-order valence-electron chi connectivity index (χ4n) is 2.15. The van der Waals surface area contributed by atoms with Gasteiger partial charge in [0.05, 0.1) is 13.2 Å². The van der Waals surface area contributed by atoms with E-state index in [0.29, 0.717) is 13.1 Å². The molecule has 0 fully saturated rings. The number of halogens is 2. The van der Waals surface area contributed by atoms with Crippen LogP contribution in [0.5, 0.6) is 0 Å². The highest BCUT2D eigenvalue weighted by atomic mass is 35.5. The molecule has 2 atom stereocenters. The fourth-order valence-corrected chi connectivity index (χ4v) is 2.15. The first kappa shape index (κ1) is 22.7. The van der Waals surface area contributed by atoms with Crippen LogP contribution in [-0.2, 0) is 13.1 Å². The number of aliphatic hydroxyl groups is 4. The number of rotatable bonds is 7. The molecule has 4 N–H and O–H groups in total. The molecule has 2 rings (SSSR count). The summed E-state index contributed by atoms with van der Waals surface area (Å²) in [4.78, 5) is 0. The topological polar surface area (TPSA) is 88.7 Å². The van der Waals surface area contributed by atoms with Crippen LogP contribution in [0.15, 0.2) is 49.1 Å². The molecule has 0 aliphatic heterocycles. The highest BCUT2D eigenvalue weighted by Gasteiger charge is 2.11. The van der Waals surface area contributed by atoms with E-state index in [4.69, 9.17) is 10.2 Å². The van der Waals surface area contributed by atoms with E-state index >= 15 is 0 Å². The second kappa shape index (κ2) is 11.3. The van der Waals surface area contributed by atoms with Gasteiger partial charge in [-0.1, -0.05) is 0 Å². The van der Waals surface area contributed by atoms with E-state index in [2.05, 4.69) is 0 Å². The third-order valence-corrected chi connectivity index (χ3v) is 3.38. The van der Waals surface area contributed by atoms with Gasteiger partial charge >= 0.3 is 0 Å². The van der Waals surface area contributed by atoms with E-state index < -0.39 is 12.2 Å². The van der Waals surface area contributed by atoms with Gasteiger partial charge in [0.15, 0.2) is 37.9 Å². The van der Waals surface area contributed by atoms with Crippen molar-refractivity contribution in [3.8, 4) is 11.1 Å². The Morgan fingerprint density at radius 2 is 0.958 bits per heavy atom. The van der Waals surface area contributed by atoms with Crippen molar-refractivity contribution in [1.82, 2.24) is 0 Å². The van der Waals surface area contributed by atoms with Crippen molar-refractivity contribution < 1.29 is 54.4 Å². The molecule has 0 aliphatic carbocycles. The molecule has 2 aromatic rings. The van der Waals surface area contributed by atoms with Gasteiger partial charge in [0.2, 0.25) is 0 Å². The van der Waals surface area contributed by atoms with Crippen molar-refractivity contribution >= 4 is 0 Å². The Hall–Kier alpha value is -1.28. The average Bonchev–Trinajstić information content (AvgIpc) is 2.56. The van der Waals surface area contributed by atoms with Crippen molar-refractivity contribution in [1.29, 1.82) is 0 Å². The minimum absolute atomic E-state index is 0. The Balaban J connectivity index is 0.00000264. The van der Waals surface area contributed by atoms with E-state index in [0.717, 1.165) is 11.1 Å². The lowest BCUT2D eigenvalue weighted by Crippen LogP contribution is -3.00. The summed E-state index contributed by atoms with van der Waals surface area (Å²) < 4.78 is 3.62. The van der Waals surface area contributed by atoms with Gasteiger partial charge in [-0.15, -0.1) is 0 Å². The maximum absolute atomic E-state index is 9.41. The van der Waals surface area contributed by atoms with Crippen molar-refractivity contribution in [2.24, 2.45) is 0 Å². The molecule has 6 nitrogen and oxygen atoms in total. The Morgan fingerprint density at radius 1 is 0.667 bits per heavy atom. The fraction of sp³-hybridized carbons (Fsp3) is 0.375. The highest BCUT2D eigenvalue weighted by Crippen LogP contribution is 2.15. The summed E-state index contributed by atoms with van der Waals surface area (Å²) >= 11 is 0. The van der Waals surface area contributed by atoms with Gasteiger partial charge in [-0.25, -0.2) is 9.13 Å². The van der Waals surface area contributed by atoms with E-state index in [9.17, 15) is 10.2 Å². The predicted molar refractivity (Wildman–Crippen MR) is 78.5 cm³/mol. The Labute approximate surface area is 153 Å². The number of pyridine rings is 2. The van der Waals surface area contributed by atoms with Crippen molar-refractivity contribution in [2.45, 2.75) is 25.3 Å². The lowest BCUT2D eigenvalue weighted by molar-refractivity contribution is -0.704. The van der Waals surface area contributed by atoms with Crippen LogP contribution < -0.4 is 33.9 Å². The van der Waals surface area contributed by atoms with Crippen LogP contribution in [0.1, 0.15) is 0 Å². The highest BCUT2D eigenvalue weighted by molar-refractivity contribution is 5.60. The summed E-state index contributed by atoms with van der Waals surface area (Å²) in [6.07, 6.45) is 5.89. The minimum Gasteiger partial charge on any atom is -1.00 e. The van der Waals surface area contributed by atoms with Gasteiger partial charge in [-0.3, -0.25) is 0 Å². The summed E-state index contributed by atoms with van der Waals surface area (Å²) in [5, 5.41) is 36.5. The van der Waals surface area contributed by atoms with Gasteiger partial charge in [-0.2, -0.15) is 0 Å². The van der Waals surface area contributed by atoms with Crippen LogP contribution in [0.25, 0.3) is 11.1 Å². The first-order valence-corrected chi connectivity index (χ1v) is 7.19. The largest absolute Gasteiger partial charge is 1.00 e. The molecule has 8 heteroatoms. The average molecular weight is 377 g/mol. The standard InChI is InChI=1S/C16H22N2O4.2ClH/c19-11-15(21)9-17-5-1-13(2-6-17)14-3-7-18(8-4-14)10-16(22)12-20;;/h1-8,15-16,19-22H,9-12H2;2*1H/q+2;;/p-2. The summed E-state index contributed by atoms with van der Waals surface area (Å²) in [6, 6.07) is 7.75. The molecule has 0 saturated heterocycles. The zero-order chi connectivity index (χ0) is 15.9. The first-order chi connectivity index (χ1) is 10.6. The molecule has 0 bridgehead atoms. The summed E-state index contributed by atoms with van der Waals surface area (Å²) in [5.41, 5.74) is 2.06. The monoisotopic (exact) mass is 376 g/mol. The summed E-state index contributed by atoms with van der Waals surface area (Å²) in [6.45, 7) is 0.190. The predicted octanol–water partition coefficient (Wildman–Crippen LogP) is -7.36.